The molecule has 0 amide bonds. The zero-order valence-corrected chi connectivity index (χ0v) is 12.8. The fraction of sp³-hybridized carbons (Fsp3) is 0.500. The van der Waals surface area contributed by atoms with E-state index in [-0.39, 0.29) is 0 Å². The Hall–Kier alpha value is -1.47. The first-order chi connectivity index (χ1) is 9.86. The zero-order valence-electron chi connectivity index (χ0n) is 12.0. The lowest BCUT2D eigenvalue weighted by Gasteiger charge is -2.08. The van der Waals surface area contributed by atoms with Crippen LogP contribution in [0.2, 0.25) is 0 Å². The van der Waals surface area contributed by atoms with Gasteiger partial charge in [0, 0.05) is 18.7 Å². The normalized spacial score (nSPS) is 10.8. The van der Waals surface area contributed by atoms with Gasteiger partial charge in [0.2, 0.25) is 0 Å². The van der Waals surface area contributed by atoms with Crippen LogP contribution in [0.25, 0.3) is 11.0 Å². The summed E-state index contributed by atoms with van der Waals surface area (Å²) in [6, 6.07) is 10.5. The molecule has 0 aliphatic rings. The van der Waals surface area contributed by atoms with Gasteiger partial charge in [-0.25, -0.2) is 4.98 Å². The van der Waals surface area contributed by atoms with Crippen LogP contribution >= 0.6 is 11.8 Å². The van der Waals surface area contributed by atoms with E-state index >= 15 is 0 Å². The van der Waals surface area contributed by atoms with E-state index in [1.165, 1.54) is 31.2 Å². The average Bonchev–Trinajstić information content (AvgIpc) is 2.82. The van der Waals surface area contributed by atoms with Crippen molar-refractivity contribution in [2.24, 2.45) is 0 Å². The lowest BCUT2D eigenvalue weighted by molar-refractivity contribution is 0.563. The van der Waals surface area contributed by atoms with E-state index in [4.69, 9.17) is 10.2 Å². The van der Waals surface area contributed by atoms with E-state index in [0.717, 1.165) is 23.0 Å². The van der Waals surface area contributed by atoms with Crippen LogP contribution in [0.4, 0.5) is 0 Å². The number of benzene rings is 1. The molecule has 4 heteroatoms. The van der Waals surface area contributed by atoms with E-state index in [0.29, 0.717) is 6.42 Å². The molecule has 1 heterocycles. The molecule has 0 saturated carbocycles. The number of imidazole rings is 1. The molecule has 2 aromatic rings. The first-order valence-electron chi connectivity index (χ1n) is 7.32. The molecule has 2 rings (SSSR count). The fourth-order valence-electron chi connectivity index (χ4n) is 2.26. The Kier molecular flexibility index (Phi) is 5.94. The largest absolute Gasteiger partial charge is 0.319 e. The van der Waals surface area contributed by atoms with Gasteiger partial charge in [-0.2, -0.15) is 5.26 Å². The monoisotopic (exact) mass is 287 g/mol. The molecular formula is C16H21N3S. The second-order valence-electron chi connectivity index (χ2n) is 4.85. The predicted octanol–water partition coefficient (Wildman–Crippen LogP) is 4.62. The Morgan fingerprint density at radius 3 is 2.90 bits per heavy atom. The van der Waals surface area contributed by atoms with Crippen molar-refractivity contribution >= 4 is 22.8 Å². The fourth-order valence-corrected chi connectivity index (χ4v) is 3.15. The third-order valence-electron chi connectivity index (χ3n) is 3.30. The number of aryl methyl sites for hydroxylation is 1. The summed E-state index contributed by atoms with van der Waals surface area (Å²) in [5, 5.41) is 9.72. The second kappa shape index (κ2) is 7.96. The maximum absolute atomic E-state index is 8.66. The van der Waals surface area contributed by atoms with Crippen molar-refractivity contribution in [1.82, 2.24) is 9.55 Å². The Balaban J connectivity index is 2.14. The standard InChI is InChI=1S/C16H21N3S/c1-2-3-4-7-12-19-15-10-6-5-9-14(15)18-16(19)20-13-8-11-17/h5-6,9-10H,2-4,7-8,12-13H2,1H3. The summed E-state index contributed by atoms with van der Waals surface area (Å²) >= 11 is 1.69. The van der Waals surface area contributed by atoms with Crippen molar-refractivity contribution in [3.63, 3.8) is 0 Å². The predicted molar refractivity (Wildman–Crippen MR) is 84.8 cm³/mol. The van der Waals surface area contributed by atoms with Crippen LogP contribution in [-0.4, -0.2) is 15.3 Å². The van der Waals surface area contributed by atoms with Gasteiger partial charge >= 0.3 is 0 Å². The summed E-state index contributed by atoms with van der Waals surface area (Å²) in [7, 11) is 0. The van der Waals surface area contributed by atoms with Gasteiger partial charge in [-0.1, -0.05) is 50.1 Å². The molecule has 0 aliphatic carbocycles. The van der Waals surface area contributed by atoms with Crippen LogP contribution in [0.1, 0.15) is 39.0 Å². The van der Waals surface area contributed by atoms with Crippen molar-refractivity contribution in [1.29, 1.82) is 5.26 Å². The van der Waals surface area contributed by atoms with Crippen LogP contribution in [0.3, 0.4) is 0 Å². The molecular weight excluding hydrogens is 266 g/mol. The van der Waals surface area contributed by atoms with Crippen molar-refractivity contribution in [2.75, 3.05) is 5.75 Å². The van der Waals surface area contributed by atoms with Gasteiger partial charge in [-0.15, -0.1) is 0 Å². The molecule has 20 heavy (non-hydrogen) atoms. The van der Waals surface area contributed by atoms with E-state index < -0.39 is 0 Å². The highest BCUT2D eigenvalue weighted by Crippen LogP contribution is 2.25. The quantitative estimate of drug-likeness (QED) is 0.525. The Morgan fingerprint density at radius 1 is 1.25 bits per heavy atom. The summed E-state index contributed by atoms with van der Waals surface area (Å²) in [6.45, 7) is 3.26. The maximum Gasteiger partial charge on any atom is 0.169 e. The minimum Gasteiger partial charge on any atom is -0.319 e. The first kappa shape index (κ1) is 14.9. The zero-order chi connectivity index (χ0) is 14.2. The number of fused-ring (bicyclic) bond motifs is 1. The first-order valence-corrected chi connectivity index (χ1v) is 8.30. The molecule has 0 radical (unpaired) electrons. The molecule has 0 spiro atoms. The number of nitrogens with zero attached hydrogens (tertiary/aromatic N) is 3. The molecule has 1 aromatic carbocycles. The van der Waals surface area contributed by atoms with Crippen molar-refractivity contribution in [2.45, 2.75) is 50.7 Å². The van der Waals surface area contributed by atoms with Gasteiger partial charge in [0.1, 0.15) is 0 Å². The summed E-state index contributed by atoms with van der Waals surface area (Å²) < 4.78 is 2.31. The summed E-state index contributed by atoms with van der Waals surface area (Å²) in [5.74, 6) is 0.814. The average molecular weight is 287 g/mol. The van der Waals surface area contributed by atoms with Crippen molar-refractivity contribution in [3.05, 3.63) is 24.3 Å². The summed E-state index contributed by atoms with van der Waals surface area (Å²) in [5.41, 5.74) is 2.27. The Labute approximate surface area is 125 Å². The number of rotatable bonds is 8. The van der Waals surface area contributed by atoms with Gasteiger partial charge in [0.25, 0.3) is 0 Å². The molecule has 106 valence electrons. The Morgan fingerprint density at radius 2 is 2.10 bits per heavy atom. The highest BCUT2D eigenvalue weighted by molar-refractivity contribution is 7.99. The number of thioether (sulfide) groups is 1. The molecule has 0 bridgehead atoms. The smallest absolute Gasteiger partial charge is 0.169 e. The molecule has 0 saturated heterocycles. The van der Waals surface area contributed by atoms with Crippen molar-refractivity contribution in [3.8, 4) is 6.07 Å². The molecule has 0 N–H and O–H groups in total. The number of hydrogen-bond acceptors (Lipinski definition) is 3. The highest BCUT2D eigenvalue weighted by atomic mass is 32.2. The van der Waals surface area contributed by atoms with E-state index in [2.05, 4.69) is 35.8 Å². The van der Waals surface area contributed by atoms with Gasteiger partial charge in [0.05, 0.1) is 17.1 Å². The van der Waals surface area contributed by atoms with E-state index in [1.807, 2.05) is 6.07 Å². The van der Waals surface area contributed by atoms with Crippen LogP contribution in [0.5, 0.6) is 0 Å². The van der Waals surface area contributed by atoms with Crippen LogP contribution < -0.4 is 0 Å². The minimum atomic E-state index is 0.573. The number of nitriles is 1. The maximum atomic E-state index is 8.66. The third kappa shape index (κ3) is 3.77. The minimum absolute atomic E-state index is 0.573. The molecule has 3 nitrogen and oxygen atoms in total. The molecule has 0 fully saturated rings. The lowest BCUT2D eigenvalue weighted by atomic mass is 10.2. The van der Waals surface area contributed by atoms with E-state index in [9.17, 15) is 0 Å². The summed E-state index contributed by atoms with van der Waals surface area (Å²) in [4.78, 5) is 4.70. The van der Waals surface area contributed by atoms with Crippen molar-refractivity contribution < 1.29 is 0 Å². The van der Waals surface area contributed by atoms with Crippen LogP contribution in [0, 0.1) is 11.3 Å². The highest BCUT2D eigenvalue weighted by Gasteiger charge is 2.10. The van der Waals surface area contributed by atoms with Gasteiger partial charge in [0.15, 0.2) is 5.16 Å². The van der Waals surface area contributed by atoms with Gasteiger partial charge < -0.3 is 4.57 Å². The van der Waals surface area contributed by atoms with E-state index in [1.54, 1.807) is 11.8 Å². The lowest BCUT2D eigenvalue weighted by Crippen LogP contribution is -2.00. The second-order valence-corrected chi connectivity index (χ2v) is 5.91. The van der Waals surface area contributed by atoms with Crippen LogP contribution in [0.15, 0.2) is 29.4 Å². The summed E-state index contributed by atoms with van der Waals surface area (Å²) in [6.07, 6.45) is 5.59. The SMILES string of the molecule is CCCCCCn1c(SCCC#N)nc2ccccc21. The molecule has 0 unspecified atom stereocenters. The molecule has 0 atom stereocenters. The van der Waals surface area contributed by atoms with Gasteiger partial charge in [-0.05, 0) is 18.6 Å². The number of aromatic nitrogens is 2. The number of para-hydroxylation sites is 2. The molecule has 1 aromatic heterocycles. The Bertz CT molecular complexity index is 583. The number of hydrogen-bond donors (Lipinski definition) is 0. The van der Waals surface area contributed by atoms with Gasteiger partial charge in [-0.3, -0.25) is 0 Å². The number of unbranched alkanes of at least 4 members (excludes halogenated alkanes) is 3. The topological polar surface area (TPSA) is 41.6 Å². The molecule has 0 aliphatic heterocycles. The van der Waals surface area contributed by atoms with Crippen LogP contribution in [-0.2, 0) is 6.54 Å². The third-order valence-corrected chi connectivity index (χ3v) is 4.28.